The summed E-state index contributed by atoms with van der Waals surface area (Å²) >= 11 is 0. The maximum Gasteiger partial charge on any atom is 0.307 e. The Hall–Kier alpha value is -2.69. The molecule has 0 spiro atoms. The van der Waals surface area contributed by atoms with Gasteiger partial charge in [0.15, 0.2) is 0 Å². The van der Waals surface area contributed by atoms with E-state index in [-0.39, 0.29) is 17.6 Å². The number of aliphatic carboxylic acids is 1. The first-order valence-electron chi connectivity index (χ1n) is 10.2. The summed E-state index contributed by atoms with van der Waals surface area (Å²) < 4.78 is 14.7. The molecule has 0 bridgehead atoms. The van der Waals surface area contributed by atoms with E-state index < -0.39 is 23.8 Å². The maximum atomic E-state index is 14.7. The third-order valence-corrected chi connectivity index (χ3v) is 5.94. The van der Waals surface area contributed by atoms with Crippen LogP contribution in [0.3, 0.4) is 0 Å². The van der Waals surface area contributed by atoms with Gasteiger partial charge in [-0.1, -0.05) is 56.7 Å². The first-order chi connectivity index (χ1) is 13.8. The molecule has 3 rings (SSSR count). The van der Waals surface area contributed by atoms with Crippen LogP contribution in [0.1, 0.15) is 67.3 Å². The Labute approximate surface area is 171 Å². The standard InChI is InChI=1S/C24H28FNO3/c1-14(2)17-12-11-16(13-21(17)25)22(18-8-5-4-7-15(18)3)26-23(27)19-9-6-10-20(19)24(28)29/h4-5,7-8,11-14,19-20,22H,6,9-10H2,1-3H3,(H,26,27)(H,28,29). The zero-order valence-corrected chi connectivity index (χ0v) is 17.1. The van der Waals surface area contributed by atoms with Crippen LogP contribution in [0.4, 0.5) is 4.39 Å². The molecule has 1 fully saturated rings. The van der Waals surface area contributed by atoms with Crippen molar-refractivity contribution in [1.29, 1.82) is 0 Å². The Morgan fingerprint density at radius 1 is 1.07 bits per heavy atom. The molecule has 4 nitrogen and oxygen atoms in total. The average Bonchev–Trinajstić information content (AvgIpc) is 3.16. The lowest BCUT2D eigenvalue weighted by molar-refractivity contribution is -0.146. The van der Waals surface area contributed by atoms with E-state index in [1.165, 1.54) is 6.07 Å². The van der Waals surface area contributed by atoms with Crippen molar-refractivity contribution >= 4 is 11.9 Å². The molecule has 2 N–H and O–H groups in total. The lowest BCUT2D eigenvalue weighted by Crippen LogP contribution is -2.38. The maximum absolute atomic E-state index is 14.7. The summed E-state index contributed by atoms with van der Waals surface area (Å²) in [5.74, 6) is -2.66. The molecule has 3 unspecified atom stereocenters. The van der Waals surface area contributed by atoms with Gasteiger partial charge in [0, 0.05) is 0 Å². The van der Waals surface area contributed by atoms with Crippen molar-refractivity contribution in [3.05, 3.63) is 70.5 Å². The van der Waals surface area contributed by atoms with Crippen molar-refractivity contribution in [2.75, 3.05) is 0 Å². The predicted molar refractivity (Wildman–Crippen MR) is 110 cm³/mol. The van der Waals surface area contributed by atoms with E-state index in [0.29, 0.717) is 24.0 Å². The molecule has 3 atom stereocenters. The average molecular weight is 397 g/mol. The van der Waals surface area contributed by atoms with Gasteiger partial charge >= 0.3 is 5.97 Å². The Morgan fingerprint density at radius 2 is 1.76 bits per heavy atom. The fourth-order valence-corrected chi connectivity index (χ4v) is 4.26. The van der Waals surface area contributed by atoms with E-state index in [0.717, 1.165) is 17.5 Å². The highest BCUT2D eigenvalue weighted by Gasteiger charge is 2.38. The van der Waals surface area contributed by atoms with Gasteiger partial charge < -0.3 is 10.4 Å². The number of rotatable bonds is 6. The van der Waals surface area contributed by atoms with Crippen molar-refractivity contribution in [3.8, 4) is 0 Å². The Kier molecular flexibility index (Phi) is 6.36. The van der Waals surface area contributed by atoms with Gasteiger partial charge in [-0.25, -0.2) is 4.39 Å². The zero-order chi connectivity index (χ0) is 21.1. The van der Waals surface area contributed by atoms with Crippen LogP contribution in [0.25, 0.3) is 0 Å². The highest BCUT2D eigenvalue weighted by molar-refractivity contribution is 5.85. The van der Waals surface area contributed by atoms with Gasteiger partial charge in [0.2, 0.25) is 5.91 Å². The molecular formula is C24H28FNO3. The molecule has 1 amide bonds. The second kappa shape index (κ2) is 8.76. The van der Waals surface area contributed by atoms with Gasteiger partial charge in [-0.15, -0.1) is 0 Å². The fourth-order valence-electron chi connectivity index (χ4n) is 4.26. The number of hydrogen-bond acceptors (Lipinski definition) is 2. The monoisotopic (exact) mass is 397 g/mol. The van der Waals surface area contributed by atoms with Gasteiger partial charge in [0.05, 0.1) is 17.9 Å². The van der Waals surface area contributed by atoms with Crippen LogP contribution in [0.15, 0.2) is 42.5 Å². The molecule has 0 saturated heterocycles. The SMILES string of the molecule is Cc1ccccc1C(NC(=O)C1CCCC1C(=O)O)c1ccc(C(C)C)c(F)c1. The van der Waals surface area contributed by atoms with E-state index in [4.69, 9.17) is 0 Å². The van der Waals surface area contributed by atoms with E-state index in [2.05, 4.69) is 5.32 Å². The summed E-state index contributed by atoms with van der Waals surface area (Å²) in [7, 11) is 0. The van der Waals surface area contributed by atoms with Crippen LogP contribution in [0, 0.1) is 24.6 Å². The van der Waals surface area contributed by atoms with Crippen LogP contribution in [-0.4, -0.2) is 17.0 Å². The van der Waals surface area contributed by atoms with Crippen molar-refractivity contribution in [2.45, 2.75) is 52.0 Å². The molecule has 0 aromatic heterocycles. The second-order valence-corrected chi connectivity index (χ2v) is 8.22. The molecule has 2 aromatic rings. The van der Waals surface area contributed by atoms with Gasteiger partial charge in [0.1, 0.15) is 5.82 Å². The van der Waals surface area contributed by atoms with E-state index in [1.54, 1.807) is 6.07 Å². The van der Waals surface area contributed by atoms with Crippen molar-refractivity contribution < 1.29 is 19.1 Å². The second-order valence-electron chi connectivity index (χ2n) is 8.22. The molecule has 2 aromatic carbocycles. The summed E-state index contributed by atoms with van der Waals surface area (Å²) in [6, 6.07) is 12.2. The van der Waals surface area contributed by atoms with Gasteiger partial charge in [0.25, 0.3) is 0 Å². The highest BCUT2D eigenvalue weighted by atomic mass is 19.1. The molecule has 154 valence electrons. The van der Waals surface area contributed by atoms with Crippen LogP contribution in [0.2, 0.25) is 0 Å². The normalized spacial score (nSPS) is 19.9. The minimum absolute atomic E-state index is 0.0605. The smallest absolute Gasteiger partial charge is 0.307 e. The largest absolute Gasteiger partial charge is 0.481 e. The fraction of sp³-hybridized carbons (Fsp3) is 0.417. The van der Waals surface area contributed by atoms with Gasteiger partial charge in [-0.2, -0.15) is 0 Å². The minimum Gasteiger partial charge on any atom is -0.481 e. The number of nitrogens with one attached hydrogen (secondary N) is 1. The summed E-state index contributed by atoms with van der Waals surface area (Å²) in [4.78, 5) is 24.5. The lowest BCUT2D eigenvalue weighted by atomic mass is 9.90. The quantitative estimate of drug-likeness (QED) is 0.724. The van der Waals surface area contributed by atoms with Crippen molar-refractivity contribution in [3.63, 3.8) is 0 Å². The predicted octanol–water partition coefficient (Wildman–Crippen LogP) is 4.96. The Morgan fingerprint density at radius 3 is 2.38 bits per heavy atom. The van der Waals surface area contributed by atoms with Gasteiger partial charge in [-0.05, 0) is 54.0 Å². The molecule has 1 aliphatic rings. The van der Waals surface area contributed by atoms with E-state index in [1.807, 2.05) is 51.1 Å². The summed E-state index contributed by atoms with van der Waals surface area (Å²) in [5.41, 5.74) is 3.14. The molecule has 0 heterocycles. The number of benzene rings is 2. The number of hydrogen-bond donors (Lipinski definition) is 2. The molecule has 1 aliphatic carbocycles. The summed E-state index contributed by atoms with van der Waals surface area (Å²) in [6.07, 6.45) is 1.80. The Bertz CT molecular complexity index is 909. The third kappa shape index (κ3) is 4.50. The molecular weight excluding hydrogens is 369 g/mol. The highest BCUT2D eigenvalue weighted by Crippen LogP contribution is 2.34. The van der Waals surface area contributed by atoms with Gasteiger partial charge in [-0.3, -0.25) is 9.59 Å². The number of carboxylic acids is 1. The molecule has 29 heavy (non-hydrogen) atoms. The summed E-state index contributed by atoms with van der Waals surface area (Å²) in [5, 5.41) is 12.5. The number of carbonyl (C=O) groups excluding carboxylic acids is 1. The minimum atomic E-state index is -0.928. The van der Waals surface area contributed by atoms with Crippen LogP contribution in [-0.2, 0) is 9.59 Å². The van der Waals surface area contributed by atoms with Crippen LogP contribution < -0.4 is 5.32 Å². The topological polar surface area (TPSA) is 66.4 Å². The Balaban J connectivity index is 1.97. The lowest BCUT2D eigenvalue weighted by Gasteiger charge is -2.25. The number of amides is 1. The van der Waals surface area contributed by atoms with Crippen molar-refractivity contribution in [2.24, 2.45) is 11.8 Å². The molecule has 0 radical (unpaired) electrons. The van der Waals surface area contributed by atoms with E-state index >= 15 is 0 Å². The number of carboxylic acid groups (broad SMARTS) is 1. The van der Waals surface area contributed by atoms with E-state index in [9.17, 15) is 19.1 Å². The number of carbonyl (C=O) groups is 2. The van der Waals surface area contributed by atoms with Crippen LogP contribution in [0.5, 0.6) is 0 Å². The molecule has 5 heteroatoms. The molecule has 1 saturated carbocycles. The first kappa shape index (κ1) is 21.0. The third-order valence-electron chi connectivity index (χ3n) is 5.94. The summed E-state index contributed by atoms with van der Waals surface area (Å²) in [6.45, 7) is 5.82. The number of halogens is 1. The first-order valence-corrected chi connectivity index (χ1v) is 10.2. The zero-order valence-electron chi connectivity index (χ0n) is 17.1. The molecule has 0 aliphatic heterocycles. The number of aryl methyl sites for hydroxylation is 1. The van der Waals surface area contributed by atoms with Crippen LogP contribution >= 0.6 is 0 Å². The van der Waals surface area contributed by atoms with Crippen molar-refractivity contribution in [1.82, 2.24) is 5.32 Å².